The maximum Gasteiger partial charge on any atom is 0.417 e. The molecule has 1 saturated heterocycles. The molecule has 0 bridgehead atoms. The molecule has 0 radical (unpaired) electrons. The average molecular weight is 447 g/mol. The van der Waals surface area contributed by atoms with E-state index in [0.29, 0.717) is 28.9 Å². The summed E-state index contributed by atoms with van der Waals surface area (Å²) in [5, 5.41) is 6.50. The number of aromatic amines is 1. The van der Waals surface area contributed by atoms with Crippen molar-refractivity contribution in [1.29, 1.82) is 0 Å². The SMILES string of the molecule is Cc1cnc(Nc2ccc(N3CC[C@@H](N(C)C)C3)nc2)nc1Nc1ccc2oc(=O)[nH]c2c1. The molecule has 0 aliphatic carbocycles. The second-order valence-electron chi connectivity index (χ2n) is 8.46. The molecule has 0 saturated carbocycles. The van der Waals surface area contributed by atoms with Crippen LogP contribution in [0.3, 0.4) is 0 Å². The molecule has 3 N–H and O–H groups in total. The van der Waals surface area contributed by atoms with Gasteiger partial charge in [-0.3, -0.25) is 4.98 Å². The number of oxazole rings is 1. The number of fused-ring (bicyclic) bond motifs is 1. The molecule has 1 aliphatic heterocycles. The van der Waals surface area contributed by atoms with Crippen molar-refractivity contribution in [2.24, 2.45) is 0 Å². The topological polar surface area (TPSA) is 115 Å². The Bertz CT molecular complexity index is 1330. The zero-order valence-electron chi connectivity index (χ0n) is 18.8. The highest BCUT2D eigenvalue weighted by Gasteiger charge is 2.24. The van der Waals surface area contributed by atoms with Crippen molar-refractivity contribution >= 4 is 40.1 Å². The number of nitrogens with one attached hydrogen (secondary N) is 3. The van der Waals surface area contributed by atoms with Gasteiger partial charge < -0.3 is 24.9 Å². The quantitative estimate of drug-likeness (QED) is 0.410. The van der Waals surface area contributed by atoms with Gasteiger partial charge in [0.05, 0.1) is 17.4 Å². The third kappa shape index (κ3) is 4.51. The van der Waals surface area contributed by atoms with E-state index in [1.165, 1.54) is 0 Å². The van der Waals surface area contributed by atoms with E-state index in [0.717, 1.165) is 42.3 Å². The number of anilines is 5. The molecule has 1 aliphatic rings. The molecular formula is C23H26N8O2. The zero-order chi connectivity index (χ0) is 22.9. The van der Waals surface area contributed by atoms with Crippen LogP contribution in [0.4, 0.5) is 29.0 Å². The minimum Gasteiger partial charge on any atom is -0.408 e. The Balaban J connectivity index is 1.29. The zero-order valence-corrected chi connectivity index (χ0v) is 18.8. The number of hydrogen-bond acceptors (Lipinski definition) is 9. The van der Waals surface area contributed by atoms with Gasteiger partial charge in [0.1, 0.15) is 11.6 Å². The number of aromatic nitrogens is 4. The minimum atomic E-state index is -0.478. The number of hydrogen-bond donors (Lipinski definition) is 3. The second-order valence-corrected chi connectivity index (χ2v) is 8.46. The normalized spacial score (nSPS) is 16.0. The fraction of sp³-hybridized carbons (Fsp3) is 0.304. The number of nitrogens with zero attached hydrogens (tertiary/aromatic N) is 5. The highest BCUT2D eigenvalue weighted by atomic mass is 16.4. The smallest absolute Gasteiger partial charge is 0.408 e. The monoisotopic (exact) mass is 446 g/mol. The van der Waals surface area contributed by atoms with Gasteiger partial charge >= 0.3 is 5.76 Å². The summed E-state index contributed by atoms with van der Waals surface area (Å²) in [4.78, 5) is 32.2. The summed E-state index contributed by atoms with van der Waals surface area (Å²) in [7, 11) is 4.24. The Hall–Kier alpha value is -3.92. The van der Waals surface area contributed by atoms with Crippen LogP contribution in [0.15, 0.2) is 51.9 Å². The summed E-state index contributed by atoms with van der Waals surface area (Å²) in [6, 6.07) is 9.94. The fourth-order valence-electron chi connectivity index (χ4n) is 3.94. The molecule has 5 rings (SSSR count). The molecular weight excluding hydrogens is 420 g/mol. The molecule has 4 heterocycles. The Morgan fingerprint density at radius 3 is 2.73 bits per heavy atom. The van der Waals surface area contributed by atoms with Gasteiger partial charge in [-0.1, -0.05) is 0 Å². The van der Waals surface area contributed by atoms with Crippen LogP contribution in [-0.2, 0) is 0 Å². The highest BCUT2D eigenvalue weighted by Crippen LogP contribution is 2.25. The van der Waals surface area contributed by atoms with Crippen LogP contribution in [0.2, 0.25) is 0 Å². The molecule has 1 atom stereocenters. The standard InChI is InChI=1S/C23H26N8O2/c1-14-11-25-22(29-21(14)26-15-4-6-19-18(10-15)28-23(32)33-19)27-16-5-7-20(24-12-16)31-9-8-17(13-31)30(2)3/h4-7,10-12,17H,8-9,13H2,1-3H3,(H,28,32)(H2,25,26,27,29)/t17-/m1/s1. The van der Waals surface area contributed by atoms with Crippen LogP contribution in [0.25, 0.3) is 11.1 Å². The first-order chi connectivity index (χ1) is 15.9. The molecule has 0 unspecified atom stereocenters. The molecule has 1 aromatic carbocycles. The lowest BCUT2D eigenvalue weighted by Gasteiger charge is -2.21. The molecule has 1 fully saturated rings. The lowest BCUT2D eigenvalue weighted by Crippen LogP contribution is -2.31. The van der Waals surface area contributed by atoms with E-state index in [4.69, 9.17) is 4.42 Å². The van der Waals surface area contributed by atoms with E-state index in [2.05, 4.69) is 54.5 Å². The number of benzene rings is 1. The van der Waals surface area contributed by atoms with Crippen LogP contribution < -0.4 is 21.3 Å². The van der Waals surface area contributed by atoms with Crippen LogP contribution in [0.1, 0.15) is 12.0 Å². The Morgan fingerprint density at radius 1 is 1.12 bits per heavy atom. The van der Waals surface area contributed by atoms with Crippen molar-refractivity contribution in [3.05, 3.63) is 58.8 Å². The van der Waals surface area contributed by atoms with E-state index in [-0.39, 0.29) is 0 Å². The van der Waals surface area contributed by atoms with Crippen molar-refractivity contribution in [3.8, 4) is 0 Å². The number of aryl methyl sites for hydroxylation is 1. The first-order valence-corrected chi connectivity index (χ1v) is 10.8. The maximum absolute atomic E-state index is 11.4. The Labute approximate surface area is 190 Å². The Morgan fingerprint density at radius 2 is 1.97 bits per heavy atom. The first-order valence-electron chi connectivity index (χ1n) is 10.8. The van der Waals surface area contributed by atoms with Gasteiger partial charge in [-0.15, -0.1) is 0 Å². The summed E-state index contributed by atoms with van der Waals surface area (Å²) < 4.78 is 5.05. The molecule has 10 nitrogen and oxygen atoms in total. The van der Waals surface area contributed by atoms with Crippen LogP contribution in [0.5, 0.6) is 0 Å². The number of rotatable bonds is 6. The molecule has 0 amide bonds. The summed E-state index contributed by atoms with van der Waals surface area (Å²) in [6.45, 7) is 3.93. The van der Waals surface area contributed by atoms with Gasteiger partial charge in [0.15, 0.2) is 5.58 Å². The Kier molecular flexibility index (Phi) is 5.43. The predicted octanol–water partition coefficient (Wildman–Crippen LogP) is 3.24. The minimum absolute atomic E-state index is 0.462. The van der Waals surface area contributed by atoms with Gasteiger partial charge in [0.2, 0.25) is 5.95 Å². The molecule has 33 heavy (non-hydrogen) atoms. The van der Waals surface area contributed by atoms with Gasteiger partial charge in [-0.05, 0) is 57.8 Å². The summed E-state index contributed by atoms with van der Waals surface area (Å²) in [6.07, 6.45) is 4.70. The first kappa shape index (κ1) is 21.0. The average Bonchev–Trinajstić information content (AvgIpc) is 3.43. The summed E-state index contributed by atoms with van der Waals surface area (Å²) in [5.74, 6) is 1.62. The van der Waals surface area contributed by atoms with Crippen molar-refractivity contribution in [2.75, 3.05) is 42.7 Å². The van der Waals surface area contributed by atoms with Gasteiger partial charge in [0, 0.05) is 36.6 Å². The number of pyridine rings is 1. The van der Waals surface area contributed by atoms with Crippen LogP contribution in [0, 0.1) is 6.92 Å². The van der Waals surface area contributed by atoms with Crippen LogP contribution in [-0.4, -0.2) is 58.1 Å². The molecule has 4 aromatic rings. The van der Waals surface area contributed by atoms with E-state index >= 15 is 0 Å². The largest absolute Gasteiger partial charge is 0.417 e. The lowest BCUT2D eigenvalue weighted by molar-refractivity contribution is 0.315. The third-order valence-corrected chi connectivity index (χ3v) is 5.88. The van der Waals surface area contributed by atoms with E-state index in [1.807, 2.05) is 25.1 Å². The van der Waals surface area contributed by atoms with E-state index < -0.39 is 5.76 Å². The number of H-pyrrole nitrogens is 1. The highest BCUT2D eigenvalue weighted by molar-refractivity contribution is 5.78. The second kappa shape index (κ2) is 8.55. The molecule has 3 aromatic heterocycles. The molecule has 170 valence electrons. The van der Waals surface area contributed by atoms with Crippen LogP contribution >= 0.6 is 0 Å². The molecule has 10 heteroatoms. The maximum atomic E-state index is 11.4. The van der Waals surface area contributed by atoms with Gasteiger partial charge in [-0.25, -0.2) is 14.8 Å². The van der Waals surface area contributed by atoms with E-state index in [9.17, 15) is 4.79 Å². The fourth-order valence-corrected chi connectivity index (χ4v) is 3.94. The van der Waals surface area contributed by atoms with Crippen molar-refractivity contribution in [2.45, 2.75) is 19.4 Å². The molecule has 0 spiro atoms. The lowest BCUT2D eigenvalue weighted by atomic mass is 10.2. The van der Waals surface area contributed by atoms with Gasteiger partial charge in [0.25, 0.3) is 0 Å². The summed E-state index contributed by atoms with van der Waals surface area (Å²) in [5.41, 5.74) is 3.61. The third-order valence-electron chi connectivity index (χ3n) is 5.88. The van der Waals surface area contributed by atoms with E-state index in [1.54, 1.807) is 24.5 Å². The predicted molar refractivity (Wildman–Crippen MR) is 129 cm³/mol. The van der Waals surface area contributed by atoms with Gasteiger partial charge in [-0.2, -0.15) is 4.98 Å². The summed E-state index contributed by atoms with van der Waals surface area (Å²) >= 11 is 0. The number of likely N-dealkylation sites (N-methyl/N-ethyl adjacent to an activating group) is 1. The van der Waals surface area contributed by atoms with Crippen molar-refractivity contribution in [3.63, 3.8) is 0 Å². The van der Waals surface area contributed by atoms with Crippen molar-refractivity contribution < 1.29 is 4.42 Å². The van der Waals surface area contributed by atoms with Crippen molar-refractivity contribution in [1.82, 2.24) is 24.8 Å².